The number of hydrogen-bond donors (Lipinski definition) is 0. The lowest BCUT2D eigenvalue weighted by Crippen LogP contribution is -2.01. The van der Waals surface area contributed by atoms with Crippen molar-refractivity contribution >= 4 is 0 Å². The summed E-state index contributed by atoms with van der Waals surface area (Å²) in [5, 5.41) is 0. The summed E-state index contributed by atoms with van der Waals surface area (Å²) in [5.41, 5.74) is 0.895. The molecule has 0 spiro atoms. The molecular formula is C8H7F2O. The minimum Gasteiger partial charge on any atom is -0.435 e. The van der Waals surface area contributed by atoms with E-state index in [0.717, 1.165) is 5.56 Å². The van der Waals surface area contributed by atoms with Crippen molar-refractivity contribution < 1.29 is 13.5 Å². The number of halogens is 2. The molecule has 0 saturated carbocycles. The van der Waals surface area contributed by atoms with E-state index in [1.165, 1.54) is 12.1 Å². The third-order valence-corrected chi connectivity index (χ3v) is 1.16. The summed E-state index contributed by atoms with van der Waals surface area (Å²) in [7, 11) is 0. The zero-order valence-electron chi connectivity index (χ0n) is 5.97. The predicted molar refractivity (Wildman–Crippen MR) is 36.6 cm³/mol. The molecule has 0 unspecified atom stereocenters. The zero-order valence-corrected chi connectivity index (χ0v) is 5.97. The molecule has 1 aromatic carbocycles. The van der Waals surface area contributed by atoms with Gasteiger partial charge in [0.25, 0.3) is 0 Å². The normalized spacial score (nSPS) is 10.2. The molecule has 0 amide bonds. The lowest BCUT2D eigenvalue weighted by atomic mass is 10.2. The lowest BCUT2D eigenvalue weighted by Gasteiger charge is -2.02. The minimum absolute atomic E-state index is 0.144. The van der Waals surface area contributed by atoms with Gasteiger partial charge in [-0.2, -0.15) is 8.78 Å². The number of hydrogen-bond acceptors (Lipinski definition) is 1. The van der Waals surface area contributed by atoms with Crippen LogP contribution in [-0.2, 0) is 0 Å². The van der Waals surface area contributed by atoms with Gasteiger partial charge in [-0.25, -0.2) is 0 Å². The van der Waals surface area contributed by atoms with Crippen LogP contribution in [0.25, 0.3) is 0 Å². The van der Waals surface area contributed by atoms with E-state index >= 15 is 0 Å². The van der Waals surface area contributed by atoms with E-state index in [1.54, 1.807) is 6.07 Å². The van der Waals surface area contributed by atoms with Crippen LogP contribution in [0.3, 0.4) is 0 Å². The van der Waals surface area contributed by atoms with Crippen LogP contribution < -0.4 is 4.74 Å². The highest BCUT2D eigenvalue weighted by molar-refractivity contribution is 5.25. The molecule has 1 nitrogen and oxygen atoms in total. The van der Waals surface area contributed by atoms with Gasteiger partial charge in [-0.15, -0.1) is 0 Å². The summed E-state index contributed by atoms with van der Waals surface area (Å²) >= 11 is 0. The van der Waals surface area contributed by atoms with Crippen molar-refractivity contribution in [3.05, 3.63) is 29.8 Å². The lowest BCUT2D eigenvalue weighted by molar-refractivity contribution is -0.0498. The van der Waals surface area contributed by atoms with E-state index in [4.69, 9.17) is 0 Å². The van der Waals surface area contributed by atoms with Crippen molar-refractivity contribution in [1.29, 1.82) is 0 Å². The molecule has 0 N–H and O–H groups in total. The Bertz CT molecular complexity index is 218. The quantitative estimate of drug-likeness (QED) is 0.640. The fourth-order valence-corrected chi connectivity index (χ4v) is 0.664. The molecule has 0 saturated heterocycles. The van der Waals surface area contributed by atoms with Crippen molar-refractivity contribution in [3.8, 4) is 5.75 Å². The fraction of sp³-hybridized carbons (Fsp3) is 0.250. The van der Waals surface area contributed by atoms with E-state index in [2.05, 4.69) is 10.8 Å². The molecule has 0 heterocycles. The second-order valence-corrected chi connectivity index (χ2v) is 2.09. The molecule has 0 aliphatic rings. The maximum Gasteiger partial charge on any atom is 0.387 e. The van der Waals surface area contributed by atoms with Gasteiger partial charge in [0.2, 0.25) is 0 Å². The Morgan fingerprint density at radius 1 is 1.45 bits per heavy atom. The number of ether oxygens (including phenoxy) is 1. The number of benzene rings is 1. The van der Waals surface area contributed by atoms with Crippen LogP contribution in [0.15, 0.2) is 18.2 Å². The van der Waals surface area contributed by atoms with Gasteiger partial charge >= 0.3 is 6.61 Å². The van der Waals surface area contributed by atoms with E-state index in [9.17, 15) is 8.78 Å². The van der Waals surface area contributed by atoms with Crippen LogP contribution in [0, 0.1) is 13.0 Å². The van der Waals surface area contributed by atoms with Gasteiger partial charge in [0, 0.05) is 0 Å². The maximum absolute atomic E-state index is 11.6. The largest absolute Gasteiger partial charge is 0.435 e. The van der Waals surface area contributed by atoms with Gasteiger partial charge in [0.15, 0.2) is 0 Å². The predicted octanol–water partition coefficient (Wildman–Crippen LogP) is 2.40. The van der Waals surface area contributed by atoms with E-state index < -0.39 is 6.61 Å². The van der Waals surface area contributed by atoms with Crippen LogP contribution in [0.2, 0.25) is 0 Å². The van der Waals surface area contributed by atoms with Gasteiger partial charge in [0.1, 0.15) is 5.75 Å². The molecule has 3 heteroatoms. The van der Waals surface area contributed by atoms with E-state index in [0.29, 0.717) is 0 Å². The highest BCUT2D eigenvalue weighted by Gasteiger charge is 2.02. The van der Waals surface area contributed by atoms with E-state index in [-0.39, 0.29) is 5.75 Å². The third kappa shape index (κ3) is 2.53. The zero-order chi connectivity index (χ0) is 8.27. The van der Waals surface area contributed by atoms with Gasteiger partial charge in [-0.05, 0) is 30.7 Å². The number of aryl methyl sites for hydroxylation is 1. The van der Waals surface area contributed by atoms with E-state index in [1.807, 2.05) is 6.92 Å². The second-order valence-electron chi connectivity index (χ2n) is 2.09. The summed E-state index contributed by atoms with van der Waals surface area (Å²) in [6, 6.07) is 7.29. The first-order valence-electron chi connectivity index (χ1n) is 3.11. The maximum atomic E-state index is 11.6. The molecule has 1 rings (SSSR count). The Hall–Kier alpha value is -1.12. The molecule has 0 fully saturated rings. The third-order valence-electron chi connectivity index (χ3n) is 1.16. The van der Waals surface area contributed by atoms with Gasteiger partial charge < -0.3 is 4.74 Å². The van der Waals surface area contributed by atoms with Crippen LogP contribution in [-0.4, -0.2) is 6.61 Å². The summed E-state index contributed by atoms with van der Waals surface area (Å²) in [4.78, 5) is 0. The van der Waals surface area contributed by atoms with Crippen molar-refractivity contribution in [2.45, 2.75) is 13.5 Å². The Labute approximate surface area is 63.6 Å². The molecule has 1 radical (unpaired) electrons. The average molecular weight is 157 g/mol. The minimum atomic E-state index is -2.76. The summed E-state index contributed by atoms with van der Waals surface area (Å²) < 4.78 is 27.3. The van der Waals surface area contributed by atoms with Crippen molar-refractivity contribution in [2.75, 3.05) is 0 Å². The average Bonchev–Trinajstić information content (AvgIpc) is 1.93. The summed E-state index contributed by atoms with van der Waals surface area (Å²) in [6.07, 6.45) is 0. The van der Waals surface area contributed by atoms with Gasteiger partial charge in [-0.3, -0.25) is 0 Å². The first kappa shape index (κ1) is 7.98. The monoisotopic (exact) mass is 157 g/mol. The molecule has 0 aliphatic carbocycles. The fourth-order valence-electron chi connectivity index (χ4n) is 0.664. The molecule has 1 aromatic rings. The van der Waals surface area contributed by atoms with Crippen LogP contribution >= 0.6 is 0 Å². The van der Waals surface area contributed by atoms with Crippen molar-refractivity contribution in [2.24, 2.45) is 0 Å². The molecule has 0 aromatic heterocycles. The Morgan fingerprint density at radius 3 is 2.64 bits per heavy atom. The first-order chi connectivity index (χ1) is 5.18. The molecular weight excluding hydrogens is 150 g/mol. The molecule has 0 bridgehead atoms. The molecule has 11 heavy (non-hydrogen) atoms. The first-order valence-corrected chi connectivity index (χ1v) is 3.11. The van der Waals surface area contributed by atoms with Crippen LogP contribution in [0.1, 0.15) is 5.56 Å². The van der Waals surface area contributed by atoms with Crippen molar-refractivity contribution in [1.82, 2.24) is 0 Å². The SMILES string of the molecule is Cc1[c]cc(OC(F)F)cc1. The summed E-state index contributed by atoms with van der Waals surface area (Å²) in [6.45, 7) is -0.933. The topological polar surface area (TPSA) is 9.23 Å². The Kier molecular flexibility index (Phi) is 2.41. The molecule has 59 valence electrons. The highest BCUT2D eigenvalue weighted by atomic mass is 19.3. The van der Waals surface area contributed by atoms with Crippen molar-refractivity contribution in [3.63, 3.8) is 0 Å². The highest BCUT2D eigenvalue weighted by Crippen LogP contribution is 2.13. The van der Waals surface area contributed by atoms with Gasteiger partial charge in [-0.1, -0.05) is 6.07 Å². The number of rotatable bonds is 2. The van der Waals surface area contributed by atoms with Gasteiger partial charge in [0.05, 0.1) is 0 Å². The standard InChI is InChI=1S/C8H7F2O/c1-6-2-4-7(5-3-6)11-8(9)10/h2,4-5,8H,1H3. The molecule has 0 aliphatic heterocycles. The Morgan fingerprint density at radius 2 is 2.18 bits per heavy atom. The molecule has 0 atom stereocenters. The van der Waals surface area contributed by atoms with Crippen LogP contribution in [0.5, 0.6) is 5.75 Å². The van der Waals surface area contributed by atoms with Crippen LogP contribution in [0.4, 0.5) is 8.78 Å². The Balaban J connectivity index is 2.66. The number of alkyl halides is 2. The second kappa shape index (κ2) is 3.32. The summed E-state index contributed by atoms with van der Waals surface area (Å²) in [5.74, 6) is 0.144. The smallest absolute Gasteiger partial charge is 0.387 e.